The average molecular weight is 345 g/mol. The van der Waals surface area contributed by atoms with Crippen molar-refractivity contribution in [2.75, 3.05) is 10.6 Å². The smallest absolute Gasteiger partial charge is 0.135 e. The highest BCUT2D eigenvalue weighted by Crippen LogP contribution is 2.26. The van der Waals surface area contributed by atoms with Crippen molar-refractivity contribution in [2.45, 2.75) is 6.54 Å². The Labute approximate surface area is 144 Å². The first-order chi connectivity index (χ1) is 11.2. The van der Waals surface area contributed by atoms with Crippen LogP contribution in [-0.2, 0) is 6.54 Å². The van der Waals surface area contributed by atoms with E-state index in [-0.39, 0.29) is 0 Å². The first-order valence-electron chi connectivity index (χ1n) is 7.02. The van der Waals surface area contributed by atoms with Crippen molar-refractivity contribution in [3.05, 3.63) is 76.5 Å². The van der Waals surface area contributed by atoms with Crippen LogP contribution in [0.5, 0.6) is 0 Å². The molecule has 0 radical (unpaired) electrons. The van der Waals surface area contributed by atoms with Gasteiger partial charge in [-0.15, -0.1) is 0 Å². The molecule has 0 bridgehead atoms. The number of halogens is 2. The first-order valence-corrected chi connectivity index (χ1v) is 7.78. The van der Waals surface area contributed by atoms with E-state index in [1.807, 2.05) is 30.3 Å². The molecular weight excluding hydrogens is 331 g/mol. The zero-order valence-electron chi connectivity index (χ0n) is 12.1. The molecule has 2 N–H and O–H groups in total. The molecule has 0 unspecified atom stereocenters. The van der Waals surface area contributed by atoms with Crippen molar-refractivity contribution >= 4 is 40.5 Å². The van der Waals surface area contributed by atoms with Gasteiger partial charge in [-0.2, -0.15) is 0 Å². The monoisotopic (exact) mass is 344 g/mol. The SMILES string of the molecule is Clc1ccc(Nc2cc(NCc3ccccc3)ncn2)cc1Cl. The van der Waals surface area contributed by atoms with Gasteiger partial charge in [0.25, 0.3) is 0 Å². The molecule has 0 aliphatic rings. The Balaban J connectivity index is 1.68. The standard InChI is InChI=1S/C17H14Cl2N4/c18-14-7-6-13(8-15(14)19)23-17-9-16(21-11-22-17)20-10-12-4-2-1-3-5-12/h1-9,11H,10H2,(H2,20,21,22,23). The number of hydrogen-bond donors (Lipinski definition) is 2. The van der Waals surface area contributed by atoms with Gasteiger partial charge in [0, 0.05) is 18.3 Å². The summed E-state index contributed by atoms with van der Waals surface area (Å²) in [6, 6.07) is 17.3. The van der Waals surface area contributed by atoms with Gasteiger partial charge < -0.3 is 10.6 Å². The largest absolute Gasteiger partial charge is 0.366 e. The molecule has 3 rings (SSSR count). The predicted octanol–water partition coefficient (Wildman–Crippen LogP) is 5.14. The number of nitrogens with one attached hydrogen (secondary N) is 2. The molecule has 1 aromatic heterocycles. The van der Waals surface area contributed by atoms with Crippen molar-refractivity contribution in [3.63, 3.8) is 0 Å². The van der Waals surface area contributed by atoms with E-state index >= 15 is 0 Å². The molecule has 3 aromatic rings. The van der Waals surface area contributed by atoms with Gasteiger partial charge in [0.05, 0.1) is 10.0 Å². The second-order valence-corrected chi connectivity index (χ2v) is 5.70. The summed E-state index contributed by atoms with van der Waals surface area (Å²) in [5.41, 5.74) is 2.00. The number of benzene rings is 2. The van der Waals surface area contributed by atoms with E-state index < -0.39 is 0 Å². The summed E-state index contributed by atoms with van der Waals surface area (Å²) in [4.78, 5) is 8.42. The van der Waals surface area contributed by atoms with E-state index in [2.05, 4.69) is 32.7 Å². The summed E-state index contributed by atoms with van der Waals surface area (Å²) < 4.78 is 0. The fourth-order valence-corrected chi connectivity index (χ4v) is 2.33. The molecule has 0 saturated heterocycles. The predicted molar refractivity (Wildman–Crippen MR) is 95.5 cm³/mol. The fraction of sp³-hybridized carbons (Fsp3) is 0.0588. The van der Waals surface area contributed by atoms with Crippen LogP contribution in [0.25, 0.3) is 0 Å². The molecule has 6 heteroatoms. The van der Waals surface area contributed by atoms with Crippen LogP contribution in [0.15, 0.2) is 60.9 Å². The van der Waals surface area contributed by atoms with Crippen molar-refractivity contribution in [3.8, 4) is 0 Å². The summed E-state index contributed by atoms with van der Waals surface area (Å²) >= 11 is 11.9. The zero-order chi connectivity index (χ0) is 16.1. The number of rotatable bonds is 5. The van der Waals surface area contributed by atoms with Gasteiger partial charge >= 0.3 is 0 Å². The lowest BCUT2D eigenvalue weighted by Crippen LogP contribution is -2.03. The molecule has 23 heavy (non-hydrogen) atoms. The van der Waals surface area contributed by atoms with Crippen LogP contribution in [-0.4, -0.2) is 9.97 Å². The van der Waals surface area contributed by atoms with E-state index in [9.17, 15) is 0 Å². The highest BCUT2D eigenvalue weighted by Gasteiger charge is 2.02. The highest BCUT2D eigenvalue weighted by atomic mass is 35.5. The second kappa shape index (κ2) is 7.31. The summed E-state index contributed by atoms with van der Waals surface area (Å²) in [7, 11) is 0. The van der Waals surface area contributed by atoms with Gasteiger partial charge in [-0.3, -0.25) is 0 Å². The third-order valence-corrected chi connectivity index (χ3v) is 3.91. The maximum Gasteiger partial charge on any atom is 0.135 e. The molecule has 4 nitrogen and oxygen atoms in total. The Morgan fingerprint density at radius 3 is 2.39 bits per heavy atom. The molecule has 0 aliphatic carbocycles. The topological polar surface area (TPSA) is 49.8 Å². The minimum Gasteiger partial charge on any atom is -0.366 e. The third-order valence-electron chi connectivity index (χ3n) is 3.18. The van der Waals surface area contributed by atoms with Crippen molar-refractivity contribution in [2.24, 2.45) is 0 Å². The molecule has 0 aliphatic heterocycles. The van der Waals surface area contributed by atoms with Crippen LogP contribution < -0.4 is 10.6 Å². The molecular formula is C17H14Cl2N4. The number of nitrogens with zero attached hydrogens (tertiary/aromatic N) is 2. The van der Waals surface area contributed by atoms with E-state index in [1.165, 1.54) is 11.9 Å². The molecule has 0 atom stereocenters. The second-order valence-electron chi connectivity index (χ2n) is 4.88. The van der Waals surface area contributed by atoms with Gasteiger partial charge in [0.1, 0.15) is 18.0 Å². The van der Waals surface area contributed by atoms with Crippen molar-refractivity contribution in [1.82, 2.24) is 9.97 Å². The van der Waals surface area contributed by atoms with Crippen LogP contribution in [0.4, 0.5) is 17.3 Å². The maximum absolute atomic E-state index is 6.01. The summed E-state index contributed by atoms with van der Waals surface area (Å²) in [6.45, 7) is 0.698. The highest BCUT2D eigenvalue weighted by molar-refractivity contribution is 6.42. The third kappa shape index (κ3) is 4.34. The normalized spacial score (nSPS) is 10.3. The van der Waals surface area contributed by atoms with Crippen LogP contribution in [0, 0.1) is 0 Å². The lowest BCUT2D eigenvalue weighted by molar-refractivity contribution is 1.08. The Morgan fingerprint density at radius 2 is 1.61 bits per heavy atom. The molecule has 116 valence electrons. The lowest BCUT2D eigenvalue weighted by Gasteiger charge is -2.09. The fourth-order valence-electron chi connectivity index (χ4n) is 2.03. The van der Waals surface area contributed by atoms with Crippen LogP contribution in [0.1, 0.15) is 5.56 Å². The summed E-state index contributed by atoms with van der Waals surface area (Å²) in [5.74, 6) is 1.42. The maximum atomic E-state index is 6.01. The Bertz CT molecular complexity index is 794. The van der Waals surface area contributed by atoms with Crippen molar-refractivity contribution in [1.29, 1.82) is 0 Å². The lowest BCUT2D eigenvalue weighted by atomic mass is 10.2. The quantitative estimate of drug-likeness (QED) is 0.672. The average Bonchev–Trinajstić information content (AvgIpc) is 2.58. The van der Waals surface area contributed by atoms with E-state index in [0.717, 1.165) is 11.5 Å². The molecule has 0 saturated carbocycles. The van der Waals surface area contributed by atoms with Gasteiger partial charge in [0.2, 0.25) is 0 Å². The number of anilines is 3. The Morgan fingerprint density at radius 1 is 0.826 bits per heavy atom. The first kappa shape index (κ1) is 15.6. The molecule has 0 spiro atoms. The zero-order valence-corrected chi connectivity index (χ0v) is 13.6. The van der Waals surface area contributed by atoms with Crippen LogP contribution in [0.2, 0.25) is 10.0 Å². The van der Waals surface area contributed by atoms with E-state index in [1.54, 1.807) is 12.1 Å². The molecule has 2 aromatic carbocycles. The summed E-state index contributed by atoms with van der Waals surface area (Å²) in [5, 5.41) is 7.46. The van der Waals surface area contributed by atoms with Crippen LogP contribution >= 0.6 is 23.2 Å². The Hall–Kier alpha value is -2.30. The molecule has 1 heterocycles. The number of aromatic nitrogens is 2. The van der Waals surface area contributed by atoms with Gasteiger partial charge in [0.15, 0.2) is 0 Å². The Kier molecular flexibility index (Phi) is 4.95. The minimum atomic E-state index is 0.494. The molecule has 0 fully saturated rings. The van der Waals surface area contributed by atoms with E-state index in [4.69, 9.17) is 23.2 Å². The summed E-state index contributed by atoms with van der Waals surface area (Å²) in [6.07, 6.45) is 1.51. The minimum absolute atomic E-state index is 0.494. The number of hydrogen-bond acceptors (Lipinski definition) is 4. The van der Waals surface area contributed by atoms with Crippen molar-refractivity contribution < 1.29 is 0 Å². The van der Waals surface area contributed by atoms with Gasteiger partial charge in [-0.05, 0) is 23.8 Å². The van der Waals surface area contributed by atoms with Gasteiger partial charge in [-0.1, -0.05) is 53.5 Å². The van der Waals surface area contributed by atoms with Gasteiger partial charge in [-0.25, -0.2) is 9.97 Å². The van der Waals surface area contributed by atoms with Crippen LogP contribution in [0.3, 0.4) is 0 Å². The molecule has 0 amide bonds. The van der Waals surface area contributed by atoms with E-state index in [0.29, 0.717) is 22.4 Å².